The van der Waals surface area contributed by atoms with E-state index < -0.39 is 0 Å². The molecule has 1 aromatic carbocycles. The first-order chi connectivity index (χ1) is 9.05. The van der Waals surface area contributed by atoms with Gasteiger partial charge in [0.15, 0.2) is 0 Å². The summed E-state index contributed by atoms with van der Waals surface area (Å²) in [7, 11) is 0. The molecule has 1 saturated carbocycles. The van der Waals surface area contributed by atoms with Gasteiger partial charge in [-0.3, -0.25) is 0 Å². The predicted octanol–water partition coefficient (Wildman–Crippen LogP) is 4.95. The van der Waals surface area contributed by atoms with Gasteiger partial charge in [0.25, 0.3) is 0 Å². The van der Waals surface area contributed by atoms with Crippen molar-refractivity contribution in [1.29, 1.82) is 0 Å². The minimum absolute atomic E-state index is 0.0839. The van der Waals surface area contributed by atoms with Crippen LogP contribution in [0.4, 0.5) is 0 Å². The molecular weight excluding hydrogens is 230 g/mol. The van der Waals surface area contributed by atoms with E-state index in [-0.39, 0.29) is 5.54 Å². The third-order valence-corrected chi connectivity index (χ3v) is 4.96. The lowest BCUT2D eigenvalue weighted by Crippen LogP contribution is -2.36. The smallest absolute Gasteiger partial charge is 0.0409 e. The Morgan fingerprint density at radius 2 is 1.84 bits per heavy atom. The average molecular weight is 259 g/mol. The number of nitrogens with two attached hydrogens (primary N) is 1. The van der Waals surface area contributed by atoms with Gasteiger partial charge in [-0.15, -0.1) is 0 Å². The summed E-state index contributed by atoms with van der Waals surface area (Å²) in [5, 5.41) is 0. The Morgan fingerprint density at radius 1 is 1.16 bits per heavy atom. The molecule has 0 heterocycles. The molecule has 2 atom stereocenters. The zero-order valence-electron chi connectivity index (χ0n) is 12.8. The Hall–Kier alpha value is -0.820. The number of hydrogen-bond acceptors (Lipinski definition) is 1. The normalized spacial score (nSPS) is 28.4. The van der Waals surface area contributed by atoms with Gasteiger partial charge in [0.1, 0.15) is 0 Å². The Balaban J connectivity index is 2.14. The lowest BCUT2D eigenvalue weighted by molar-refractivity contribution is 0.371. The molecule has 1 heteroatoms. The highest BCUT2D eigenvalue weighted by molar-refractivity contribution is 5.30. The molecule has 0 aromatic heterocycles. The SMILES string of the molecule is CCC1CCCC(N)(c2ccc(C(C)C)cc2)CC1. The van der Waals surface area contributed by atoms with Crippen LogP contribution >= 0.6 is 0 Å². The van der Waals surface area contributed by atoms with Crippen molar-refractivity contribution in [2.75, 3.05) is 0 Å². The molecule has 1 aliphatic carbocycles. The number of benzene rings is 1. The van der Waals surface area contributed by atoms with E-state index in [1.165, 1.54) is 36.8 Å². The van der Waals surface area contributed by atoms with Crippen molar-refractivity contribution in [2.24, 2.45) is 11.7 Å². The van der Waals surface area contributed by atoms with Gasteiger partial charge >= 0.3 is 0 Å². The number of rotatable bonds is 3. The highest BCUT2D eigenvalue weighted by atomic mass is 14.7. The monoisotopic (exact) mass is 259 g/mol. The minimum atomic E-state index is -0.0839. The van der Waals surface area contributed by atoms with Crippen LogP contribution in [0, 0.1) is 5.92 Å². The molecule has 19 heavy (non-hydrogen) atoms. The van der Waals surface area contributed by atoms with Gasteiger partial charge in [0.2, 0.25) is 0 Å². The third kappa shape index (κ3) is 3.39. The van der Waals surface area contributed by atoms with E-state index in [0.29, 0.717) is 5.92 Å². The second-order valence-electron chi connectivity index (χ2n) is 6.64. The van der Waals surface area contributed by atoms with E-state index >= 15 is 0 Å². The van der Waals surface area contributed by atoms with E-state index in [2.05, 4.69) is 45.0 Å². The van der Waals surface area contributed by atoms with Crippen LogP contribution in [0.2, 0.25) is 0 Å². The zero-order valence-corrected chi connectivity index (χ0v) is 12.8. The molecule has 0 aliphatic heterocycles. The summed E-state index contributed by atoms with van der Waals surface area (Å²) in [5.41, 5.74) is 9.39. The van der Waals surface area contributed by atoms with Crippen molar-refractivity contribution in [2.45, 2.75) is 70.8 Å². The van der Waals surface area contributed by atoms with Crippen molar-refractivity contribution in [1.82, 2.24) is 0 Å². The molecule has 0 amide bonds. The summed E-state index contributed by atoms with van der Waals surface area (Å²) < 4.78 is 0. The first-order valence-corrected chi connectivity index (χ1v) is 7.94. The van der Waals surface area contributed by atoms with Crippen molar-refractivity contribution in [3.8, 4) is 0 Å². The van der Waals surface area contributed by atoms with Crippen LogP contribution in [0.1, 0.15) is 76.3 Å². The molecule has 0 bridgehead atoms. The van der Waals surface area contributed by atoms with E-state index in [1.807, 2.05) is 0 Å². The van der Waals surface area contributed by atoms with E-state index in [1.54, 1.807) is 0 Å². The first kappa shape index (κ1) is 14.6. The lowest BCUT2D eigenvalue weighted by atomic mass is 9.82. The van der Waals surface area contributed by atoms with Crippen LogP contribution in [0.15, 0.2) is 24.3 Å². The largest absolute Gasteiger partial charge is 0.321 e. The molecule has 0 saturated heterocycles. The van der Waals surface area contributed by atoms with Crippen LogP contribution < -0.4 is 5.73 Å². The van der Waals surface area contributed by atoms with Crippen molar-refractivity contribution in [3.05, 3.63) is 35.4 Å². The van der Waals surface area contributed by atoms with E-state index in [9.17, 15) is 0 Å². The van der Waals surface area contributed by atoms with Crippen LogP contribution in [0.25, 0.3) is 0 Å². The van der Waals surface area contributed by atoms with E-state index in [0.717, 1.165) is 18.8 Å². The van der Waals surface area contributed by atoms with Crippen LogP contribution in [-0.4, -0.2) is 0 Å². The topological polar surface area (TPSA) is 26.0 Å². The van der Waals surface area contributed by atoms with Gasteiger partial charge in [-0.05, 0) is 42.2 Å². The van der Waals surface area contributed by atoms with Crippen molar-refractivity contribution >= 4 is 0 Å². The predicted molar refractivity (Wildman–Crippen MR) is 83.3 cm³/mol. The van der Waals surface area contributed by atoms with Crippen molar-refractivity contribution < 1.29 is 0 Å². The summed E-state index contributed by atoms with van der Waals surface area (Å²) in [6.07, 6.45) is 7.53. The maximum atomic E-state index is 6.72. The average Bonchev–Trinajstić information content (AvgIpc) is 2.61. The molecule has 1 aliphatic rings. The molecule has 2 N–H and O–H groups in total. The van der Waals surface area contributed by atoms with Gasteiger partial charge in [-0.1, -0.05) is 64.3 Å². The molecule has 0 radical (unpaired) electrons. The quantitative estimate of drug-likeness (QED) is 0.763. The second-order valence-corrected chi connectivity index (χ2v) is 6.64. The Kier molecular flexibility index (Phi) is 4.67. The van der Waals surface area contributed by atoms with Gasteiger partial charge in [-0.2, -0.15) is 0 Å². The Morgan fingerprint density at radius 3 is 2.42 bits per heavy atom. The Labute approximate surface area is 118 Å². The molecule has 106 valence electrons. The summed E-state index contributed by atoms with van der Waals surface area (Å²) in [6.45, 7) is 6.79. The minimum Gasteiger partial charge on any atom is -0.321 e. The molecule has 1 nitrogen and oxygen atoms in total. The molecule has 0 spiro atoms. The molecular formula is C18H29N. The molecule has 2 unspecified atom stereocenters. The van der Waals surface area contributed by atoms with Gasteiger partial charge in [0.05, 0.1) is 0 Å². The zero-order chi connectivity index (χ0) is 13.9. The lowest BCUT2D eigenvalue weighted by Gasteiger charge is -2.29. The molecule has 1 fully saturated rings. The first-order valence-electron chi connectivity index (χ1n) is 7.94. The fourth-order valence-corrected chi connectivity index (χ4v) is 3.33. The standard InChI is InChI=1S/C18H29N/c1-4-15-6-5-12-18(19,13-11-15)17-9-7-16(8-10-17)14(2)3/h7-10,14-15H,4-6,11-13,19H2,1-3H3. The van der Waals surface area contributed by atoms with Crippen LogP contribution in [0.3, 0.4) is 0 Å². The fraction of sp³-hybridized carbons (Fsp3) is 0.667. The fourth-order valence-electron chi connectivity index (χ4n) is 3.33. The van der Waals surface area contributed by atoms with Crippen molar-refractivity contribution in [3.63, 3.8) is 0 Å². The summed E-state index contributed by atoms with van der Waals surface area (Å²) in [4.78, 5) is 0. The maximum Gasteiger partial charge on any atom is 0.0409 e. The summed E-state index contributed by atoms with van der Waals surface area (Å²) in [6, 6.07) is 9.05. The van der Waals surface area contributed by atoms with Gasteiger partial charge in [-0.25, -0.2) is 0 Å². The Bertz CT molecular complexity index is 393. The van der Waals surface area contributed by atoms with E-state index in [4.69, 9.17) is 5.73 Å². The molecule has 2 rings (SSSR count). The summed E-state index contributed by atoms with van der Waals surface area (Å²) in [5.74, 6) is 1.49. The summed E-state index contributed by atoms with van der Waals surface area (Å²) >= 11 is 0. The number of hydrogen-bond donors (Lipinski definition) is 1. The maximum absolute atomic E-state index is 6.72. The van der Waals surface area contributed by atoms with Crippen LogP contribution in [-0.2, 0) is 5.54 Å². The third-order valence-electron chi connectivity index (χ3n) is 4.96. The van der Waals surface area contributed by atoms with Crippen LogP contribution in [0.5, 0.6) is 0 Å². The molecule has 1 aromatic rings. The highest BCUT2D eigenvalue weighted by Crippen LogP contribution is 2.37. The second kappa shape index (κ2) is 6.09. The highest BCUT2D eigenvalue weighted by Gasteiger charge is 2.30. The van der Waals surface area contributed by atoms with Gasteiger partial charge < -0.3 is 5.73 Å². The van der Waals surface area contributed by atoms with Gasteiger partial charge in [0, 0.05) is 5.54 Å².